The summed E-state index contributed by atoms with van der Waals surface area (Å²) in [6.45, 7) is 1.82. The van der Waals surface area contributed by atoms with Gasteiger partial charge >= 0.3 is 0 Å². The highest BCUT2D eigenvalue weighted by molar-refractivity contribution is 7.99. The summed E-state index contributed by atoms with van der Waals surface area (Å²) in [5.41, 5.74) is 1.73. The van der Waals surface area contributed by atoms with E-state index in [1.54, 1.807) is 0 Å². The summed E-state index contributed by atoms with van der Waals surface area (Å²) in [4.78, 5) is 32.6. The molecule has 1 aromatic heterocycles. The Balaban J connectivity index is 1.99. The van der Waals surface area contributed by atoms with E-state index in [0.717, 1.165) is 17.4 Å². The lowest BCUT2D eigenvalue weighted by Crippen LogP contribution is -2.18. The van der Waals surface area contributed by atoms with Gasteiger partial charge in [0.05, 0.1) is 11.4 Å². The van der Waals surface area contributed by atoms with Crippen molar-refractivity contribution in [2.75, 3.05) is 30.1 Å². The second-order valence-electron chi connectivity index (χ2n) is 5.44. The van der Waals surface area contributed by atoms with Crippen LogP contribution in [0.25, 0.3) is 0 Å². The quantitative estimate of drug-likeness (QED) is 0.606. The number of aromatic nitrogens is 2. The van der Waals surface area contributed by atoms with Crippen LogP contribution in [0.15, 0.2) is 34.2 Å². The van der Waals surface area contributed by atoms with Gasteiger partial charge in [-0.2, -0.15) is 5.26 Å². The minimum absolute atomic E-state index is 0.0253. The van der Waals surface area contributed by atoms with Gasteiger partial charge in [-0.15, -0.1) is 0 Å². The number of anilines is 2. The van der Waals surface area contributed by atoms with Crippen molar-refractivity contribution in [2.24, 2.45) is 0 Å². The molecular formula is C17H19N5O2S. The number of thioether (sulfide) groups is 1. The third kappa shape index (κ3) is 4.84. The molecule has 0 radical (unpaired) electrons. The van der Waals surface area contributed by atoms with Crippen LogP contribution in [0.3, 0.4) is 0 Å². The Morgan fingerprint density at radius 3 is 2.60 bits per heavy atom. The monoisotopic (exact) mass is 357 g/mol. The lowest BCUT2D eigenvalue weighted by Gasteiger charge is -2.13. The topological polar surface area (TPSA) is 102 Å². The average Bonchev–Trinajstić information content (AvgIpc) is 2.59. The number of nitrogens with one attached hydrogen (secondary N) is 2. The predicted molar refractivity (Wildman–Crippen MR) is 99.1 cm³/mol. The Morgan fingerprint density at radius 2 is 2.04 bits per heavy atom. The van der Waals surface area contributed by atoms with Gasteiger partial charge in [-0.3, -0.25) is 9.59 Å². The molecule has 0 saturated carbocycles. The minimum Gasteiger partial charge on any atom is -0.378 e. The molecule has 0 unspecified atom stereocenters. The zero-order valence-corrected chi connectivity index (χ0v) is 15.1. The van der Waals surface area contributed by atoms with Crippen LogP contribution in [-0.4, -0.2) is 35.7 Å². The summed E-state index contributed by atoms with van der Waals surface area (Å²) in [7, 11) is 3.89. The Kier molecular flexibility index (Phi) is 6.19. The number of benzene rings is 1. The predicted octanol–water partition coefficient (Wildman–Crippen LogP) is 2.00. The Morgan fingerprint density at radius 1 is 1.36 bits per heavy atom. The largest absolute Gasteiger partial charge is 0.378 e. The highest BCUT2D eigenvalue weighted by Crippen LogP contribution is 2.17. The van der Waals surface area contributed by atoms with Gasteiger partial charge in [-0.1, -0.05) is 18.7 Å². The molecular weight excluding hydrogens is 338 g/mol. The Labute approximate surface area is 150 Å². The number of carbonyl (C=O) groups excluding carboxylic acids is 1. The summed E-state index contributed by atoms with van der Waals surface area (Å²) in [5, 5.41) is 12.1. The third-order valence-corrected chi connectivity index (χ3v) is 4.30. The minimum atomic E-state index is -0.475. The van der Waals surface area contributed by atoms with Crippen molar-refractivity contribution in [3.8, 4) is 6.07 Å². The molecule has 0 spiro atoms. The van der Waals surface area contributed by atoms with Crippen molar-refractivity contribution in [3.63, 3.8) is 0 Å². The van der Waals surface area contributed by atoms with Crippen LogP contribution >= 0.6 is 11.8 Å². The van der Waals surface area contributed by atoms with Crippen molar-refractivity contribution in [3.05, 3.63) is 45.9 Å². The van der Waals surface area contributed by atoms with Crippen LogP contribution < -0.4 is 15.8 Å². The van der Waals surface area contributed by atoms with Gasteiger partial charge in [0.15, 0.2) is 5.16 Å². The summed E-state index contributed by atoms with van der Waals surface area (Å²) < 4.78 is 0. The van der Waals surface area contributed by atoms with Gasteiger partial charge in [0.25, 0.3) is 5.56 Å². The fourth-order valence-corrected chi connectivity index (χ4v) is 2.79. The van der Waals surface area contributed by atoms with Gasteiger partial charge in [0.2, 0.25) is 5.91 Å². The average molecular weight is 357 g/mol. The lowest BCUT2D eigenvalue weighted by atomic mass is 10.2. The fraction of sp³-hybridized carbons (Fsp3) is 0.294. The first-order valence-electron chi connectivity index (χ1n) is 7.68. The van der Waals surface area contributed by atoms with Crippen LogP contribution in [0.2, 0.25) is 0 Å². The number of nitriles is 1. The number of hydrogen-bond donors (Lipinski definition) is 2. The number of H-pyrrole nitrogens is 1. The molecule has 2 aromatic rings. The molecule has 1 aromatic carbocycles. The number of amides is 1. The summed E-state index contributed by atoms with van der Waals surface area (Å²) in [5.74, 6) is -0.0967. The first-order chi connectivity index (χ1) is 11.9. The molecule has 0 atom stereocenters. The molecule has 0 fully saturated rings. The van der Waals surface area contributed by atoms with Crippen molar-refractivity contribution in [2.45, 2.75) is 18.5 Å². The Hall–Kier alpha value is -2.79. The second kappa shape index (κ2) is 8.35. The maximum Gasteiger partial charge on any atom is 0.269 e. The Bertz CT molecular complexity index is 853. The summed E-state index contributed by atoms with van der Waals surface area (Å²) in [6.07, 6.45) is 0.477. The molecule has 8 heteroatoms. The lowest BCUT2D eigenvalue weighted by molar-refractivity contribution is -0.113. The molecule has 2 N–H and O–H groups in total. The summed E-state index contributed by atoms with van der Waals surface area (Å²) in [6, 6.07) is 9.34. The number of rotatable bonds is 6. The SMILES string of the molecule is CCc1nc(SCC(=O)Nc2ccc(N(C)C)cc2)[nH]c(=O)c1C#N. The van der Waals surface area contributed by atoms with Crippen LogP contribution in [0, 0.1) is 11.3 Å². The van der Waals surface area contributed by atoms with Crippen molar-refractivity contribution in [1.82, 2.24) is 9.97 Å². The zero-order chi connectivity index (χ0) is 18.4. The molecule has 1 amide bonds. The maximum absolute atomic E-state index is 12.1. The highest BCUT2D eigenvalue weighted by atomic mass is 32.2. The van der Waals surface area contributed by atoms with E-state index >= 15 is 0 Å². The first-order valence-corrected chi connectivity index (χ1v) is 8.66. The number of hydrogen-bond acceptors (Lipinski definition) is 6. The maximum atomic E-state index is 12.1. The molecule has 25 heavy (non-hydrogen) atoms. The molecule has 0 aliphatic heterocycles. The van der Waals surface area contributed by atoms with Gasteiger partial charge < -0.3 is 15.2 Å². The smallest absolute Gasteiger partial charge is 0.269 e. The number of carbonyl (C=O) groups is 1. The van der Waals surface area contributed by atoms with Crippen molar-refractivity contribution in [1.29, 1.82) is 5.26 Å². The molecule has 2 rings (SSSR count). The van der Waals surface area contributed by atoms with E-state index in [-0.39, 0.29) is 17.2 Å². The van der Waals surface area contributed by atoms with Crippen LogP contribution in [0.5, 0.6) is 0 Å². The second-order valence-corrected chi connectivity index (χ2v) is 6.40. The van der Waals surface area contributed by atoms with E-state index in [9.17, 15) is 9.59 Å². The normalized spacial score (nSPS) is 10.2. The van der Waals surface area contributed by atoms with E-state index in [1.807, 2.05) is 56.3 Å². The standard InChI is InChI=1S/C17H19N5O2S/c1-4-14-13(9-18)16(24)21-17(20-14)25-10-15(23)19-11-5-7-12(8-6-11)22(2)3/h5-8H,4,10H2,1-3H3,(H,19,23)(H,20,21,24). The molecule has 7 nitrogen and oxygen atoms in total. The van der Waals surface area contributed by atoms with Gasteiger partial charge in [0.1, 0.15) is 11.6 Å². The van der Waals surface area contributed by atoms with E-state index in [0.29, 0.717) is 23.0 Å². The molecule has 0 aliphatic rings. The van der Waals surface area contributed by atoms with Gasteiger partial charge in [-0.25, -0.2) is 4.98 Å². The third-order valence-electron chi connectivity index (χ3n) is 3.43. The van der Waals surface area contributed by atoms with E-state index in [1.165, 1.54) is 0 Å². The van der Waals surface area contributed by atoms with E-state index in [2.05, 4.69) is 15.3 Å². The summed E-state index contributed by atoms with van der Waals surface area (Å²) >= 11 is 1.12. The fourth-order valence-electron chi connectivity index (χ4n) is 2.11. The number of nitrogens with zero attached hydrogens (tertiary/aromatic N) is 3. The molecule has 130 valence electrons. The van der Waals surface area contributed by atoms with E-state index < -0.39 is 5.56 Å². The number of aromatic amines is 1. The van der Waals surface area contributed by atoms with Crippen LogP contribution in [0.1, 0.15) is 18.2 Å². The van der Waals surface area contributed by atoms with E-state index in [4.69, 9.17) is 5.26 Å². The highest BCUT2D eigenvalue weighted by Gasteiger charge is 2.11. The molecule has 1 heterocycles. The molecule has 0 aliphatic carbocycles. The van der Waals surface area contributed by atoms with Crippen LogP contribution in [0.4, 0.5) is 11.4 Å². The van der Waals surface area contributed by atoms with Crippen LogP contribution in [-0.2, 0) is 11.2 Å². The van der Waals surface area contributed by atoms with Crippen molar-refractivity contribution < 1.29 is 4.79 Å². The molecule has 0 saturated heterocycles. The first kappa shape index (κ1) is 18.5. The zero-order valence-electron chi connectivity index (χ0n) is 14.3. The van der Waals surface area contributed by atoms with Gasteiger partial charge in [0, 0.05) is 25.5 Å². The van der Waals surface area contributed by atoms with Crippen molar-refractivity contribution >= 4 is 29.0 Å². The number of aryl methyl sites for hydroxylation is 1. The van der Waals surface area contributed by atoms with Gasteiger partial charge in [-0.05, 0) is 30.7 Å². The molecule has 0 bridgehead atoms.